The van der Waals surface area contributed by atoms with E-state index in [0.717, 1.165) is 95.0 Å². The van der Waals surface area contributed by atoms with E-state index in [1.165, 1.54) is 38.5 Å². The lowest BCUT2D eigenvalue weighted by atomic mass is 9.38. The molecule has 2 atom stereocenters. The van der Waals surface area contributed by atoms with E-state index in [1.54, 1.807) is 6.92 Å². The molecule has 0 N–H and O–H groups in total. The molecular formula is C44H62O8. The number of hydrogen-bond acceptors (Lipinski definition) is 8. The predicted octanol–water partition coefficient (Wildman–Crippen LogP) is 8.31. The van der Waals surface area contributed by atoms with Crippen LogP contribution in [0.25, 0.3) is 0 Å². The quantitative estimate of drug-likeness (QED) is 0.119. The fraction of sp³-hybridized carbons (Fsp3) is 0.818. The molecule has 0 aliphatic heterocycles. The van der Waals surface area contributed by atoms with E-state index in [-0.39, 0.29) is 24.2 Å². The van der Waals surface area contributed by atoms with Gasteiger partial charge in [-0.05, 0) is 168 Å². The molecule has 0 aromatic carbocycles. The number of esters is 4. The normalized spacial score (nSPS) is 45.5. The Hall–Kier alpha value is -2.64. The van der Waals surface area contributed by atoms with Gasteiger partial charge in [0.05, 0.1) is 0 Å². The van der Waals surface area contributed by atoms with Gasteiger partial charge in [0.15, 0.2) is 13.2 Å². The average Bonchev–Trinajstić information content (AvgIpc) is 3.12. The Morgan fingerprint density at radius 1 is 0.596 bits per heavy atom. The fourth-order valence-corrected chi connectivity index (χ4v) is 15.1. The molecule has 8 heteroatoms. The molecule has 0 amide bonds. The Balaban J connectivity index is 0.999. The summed E-state index contributed by atoms with van der Waals surface area (Å²) < 4.78 is 23.9. The summed E-state index contributed by atoms with van der Waals surface area (Å²) in [5.74, 6) is 3.85. The topological polar surface area (TPSA) is 105 Å². The highest BCUT2D eigenvalue weighted by molar-refractivity contribution is 5.88. The highest BCUT2D eigenvalue weighted by Crippen LogP contribution is 2.71. The molecule has 10 fully saturated rings. The van der Waals surface area contributed by atoms with Crippen LogP contribution in [0.2, 0.25) is 0 Å². The van der Waals surface area contributed by atoms with Crippen molar-refractivity contribution in [3.63, 3.8) is 0 Å². The van der Waals surface area contributed by atoms with Gasteiger partial charge in [0.2, 0.25) is 0 Å². The summed E-state index contributed by atoms with van der Waals surface area (Å²) in [6, 6.07) is 0. The molecule has 0 heterocycles. The first kappa shape index (κ1) is 36.3. The second kappa shape index (κ2) is 13.9. The zero-order valence-corrected chi connectivity index (χ0v) is 31.8. The van der Waals surface area contributed by atoms with Crippen LogP contribution in [0.1, 0.15) is 129 Å². The molecule has 0 aromatic rings. The number of rotatable bonds is 11. The predicted molar refractivity (Wildman–Crippen MR) is 194 cm³/mol. The van der Waals surface area contributed by atoms with Crippen molar-refractivity contribution in [1.29, 1.82) is 0 Å². The lowest BCUT2D eigenvalue weighted by Crippen LogP contribution is -2.67. The summed E-state index contributed by atoms with van der Waals surface area (Å²) in [4.78, 5) is 50.9. The number of carbonyl (C=O) groups excluding carboxylic acids is 4. The van der Waals surface area contributed by atoms with Gasteiger partial charge in [0, 0.05) is 23.5 Å². The second-order valence-electron chi connectivity index (χ2n) is 19.3. The molecule has 2 unspecified atom stereocenters. The summed E-state index contributed by atoms with van der Waals surface area (Å²) >= 11 is 0. The maximum absolute atomic E-state index is 13.6. The lowest BCUT2D eigenvalue weighted by Gasteiger charge is -2.69. The fourth-order valence-electron chi connectivity index (χ4n) is 15.1. The van der Waals surface area contributed by atoms with Crippen LogP contribution in [-0.4, -0.2) is 48.3 Å². The van der Waals surface area contributed by atoms with Gasteiger partial charge in [-0.1, -0.05) is 32.9 Å². The molecule has 0 aromatic heterocycles. The van der Waals surface area contributed by atoms with Gasteiger partial charge in [-0.3, -0.25) is 0 Å². The minimum Gasteiger partial charge on any atom is -0.456 e. The van der Waals surface area contributed by atoms with Crippen LogP contribution < -0.4 is 0 Å². The Morgan fingerprint density at radius 2 is 1.06 bits per heavy atom. The Bertz CT molecular complexity index is 1400. The molecule has 286 valence electrons. The maximum atomic E-state index is 13.6. The Labute approximate surface area is 310 Å². The zero-order valence-electron chi connectivity index (χ0n) is 31.8. The maximum Gasteiger partial charge on any atom is 0.344 e. The zero-order chi connectivity index (χ0) is 36.4. The van der Waals surface area contributed by atoms with Crippen LogP contribution >= 0.6 is 0 Å². The Kier molecular flexibility index (Phi) is 9.71. The van der Waals surface area contributed by atoms with Crippen LogP contribution in [0, 0.1) is 70.5 Å². The third-order valence-corrected chi connectivity index (χ3v) is 16.6. The highest BCUT2D eigenvalue weighted by atomic mass is 16.6. The highest BCUT2D eigenvalue weighted by Gasteiger charge is 2.69. The van der Waals surface area contributed by atoms with E-state index in [9.17, 15) is 19.2 Å². The smallest absolute Gasteiger partial charge is 0.344 e. The molecule has 8 nitrogen and oxygen atoms in total. The van der Waals surface area contributed by atoms with Gasteiger partial charge >= 0.3 is 23.9 Å². The van der Waals surface area contributed by atoms with Crippen LogP contribution in [0.3, 0.4) is 0 Å². The van der Waals surface area contributed by atoms with E-state index in [1.807, 2.05) is 0 Å². The van der Waals surface area contributed by atoms with Gasteiger partial charge < -0.3 is 18.9 Å². The molecule has 10 aliphatic rings. The molecule has 10 aliphatic carbocycles. The van der Waals surface area contributed by atoms with Crippen molar-refractivity contribution < 1.29 is 38.1 Å². The second-order valence-corrected chi connectivity index (χ2v) is 19.3. The summed E-state index contributed by atoms with van der Waals surface area (Å²) in [6.07, 6.45) is 22.0. The summed E-state index contributed by atoms with van der Waals surface area (Å²) in [5.41, 5.74) is -0.333. The third-order valence-electron chi connectivity index (χ3n) is 16.6. The first-order valence-electron chi connectivity index (χ1n) is 21.0. The summed E-state index contributed by atoms with van der Waals surface area (Å²) in [5, 5.41) is 0. The lowest BCUT2D eigenvalue weighted by molar-refractivity contribution is -0.261. The van der Waals surface area contributed by atoms with Gasteiger partial charge in [0.1, 0.15) is 11.2 Å². The minimum absolute atomic E-state index is 0.276. The number of ether oxygens (including phenoxy) is 4. The summed E-state index contributed by atoms with van der Waals surface area (Å²) in [6.45, 7) is 10.4. The van der Waals surface area contributed by atoms with Crippen molar-refractivity contribution in [3.8, 4) is 0 Å². The van der Waals surface area contributed by atoms with Crippen molar-refractivity contribution >= 4 is 23.9 Å². The standard InChI is InChI=1S/C44H62O8/c1-5-38(45)49-24-39(46)51-43(34-15-28-14-29(17-34)18-35(43)16-28)33-12-10-31(11-13-33)42-21-30-19-36(22-42)44(37(20-30)23-42,32-8-6-27(4)7-9-32)52-40(47)25-50-41(48)26(2)3/h5,27-37H,1-2,6-25H2,3-4H3. The van der Waals surface area contributed by atoms with Gasteiger partial charge in [-0.25, -0.2) is 19.2 Å². The molecule has 10 rings (SSSR count). The largest absolute Gasteiger partial charge is 0.456 e. The number of hydrogen-bond donors (Lipinski definition) is 0. The molecule has 8 bridgehead atoms. The van der Waals surface area contributed by atoms with E-state index in [2.05, 4.69) is 20.1 Å². The van der Waals surface area contributed by atoms with Crippen molar-refractivity contribution in [2.45, 2.75) is 141 Å². The first-order valence-corrected chi connectivity index (χ1v) is 21.0. The van der Waals surface area contributed by atoms with Crippen molar-refractivity contribution in [3.05, 3.63) is 24.8 Å². The van der Waals surface area contributed by atoms with E-state index in [4.69, 9.17) is 18.9 Å². The third kappa shape index (κ3) is 6.18. The average molecular weight is 719 g/mol. The van der Waals surface area contributed by atoms with E-state index < -0.39 is 35.1 Å². The van der Waals surface area contributed by atoms with E-state index in [0.29, 0.717) is 53.3 Å². The molecule has 0 radical (unpaired) electrons. The minimum atomic E-state index is -0.588. The van der Waals surface area contributed by atoms with Gasteiger partial charge in [-0.15, -0.1) is 0 Å². The van der Waals surface area contributed by atoms with Crippen molar-refractivity contribution in [1.82, 2.24) is 0 Å². The van der Waals surface area contributed by atoms with Crippen LogP contribution in [0.4, 0.5) is 0 Å². The van der Waals surface area contributed by atoms with Crippen molar-refractivity contribution in [2.24, 2.45) is 70.5 Å². The Morgan fingerprint density at radius 3 is 1.58 bits per heavy atom. The molecule has 10 saturated carbocycles. The first-order chi connectivity index (χ1) is 24.9. The van der Waals surface area contributed by atoms with Crippen molar-refractivity contribution in [2.75, 3.05) is 13.2 Å². The van der Waals surface area contributed by atoms with Crippen LogP contribution in [-0.2, 0) is 38.1 Å². The van der Waals surface area contributed by atoms with E-state index >= 15 is 0 Å². The molecular weight excluding hydrogens is 656 g/mol. The molecule has 52 heavy (non-hydrogen) atoms. The monoisotopic (exact) mass is 718 g/mol. The van der Waals surface area contributed by atoms with Gasteiger partial charge in [0.25, 0.3) is 0 Å². The molecule has 0 spiro atoms. The van der Waals surface area contributed by atoms with Gasteiger partial charge in [-0.2, -0.15) is 0 Å². The summed E-state index contributed by atoms with van der Waals surface area (Å²) in [7, 11) is 0. The number of carbonyl (C=O) groups is 4. The molecule has 0 saturated heterocycles. The van der Waals surface area contributed by atoms with Crippen LogP contribution in [0.15, 0.2) is 24.8 Å². The van der Waals surface area contributed by atoms with Crippen LogP contribution in [0.5, 0.6) is 0 Å². The SMILES string of the molecule is C=CC(=O)OCC(=O)OC1(C2CCC(C34CC5CC(C3)C(OC(=O)COC(=O)C(=C)C)(C3CCC(C)CC3)C(C5)C4)CC2)C2CC3CC(C2)CC1C3.